The second-order valence-corrected chi connectivity index (χ2v) is 4.53. The van der Waals surface area contributed by atoms with Gasteiger partial charge in [0.15, 0.2) is 0 Å². The van der Waals surface area contributed by atoms with Gasteiger partial charge in [-0.25, -0.2) is 0 Å². The molecular formula is C13H20N2. The van der Waals surface area contributed by atoms with Crippen LogP contribution in [0.25, 0.3) is 0 Å². The van der Waals surface area contributed by atoms with Crippen molar-refractivity contribution in [2.75, 3.05) is 18.8 Å². The van der Waals surface area contributed by atoms with Crippen molar-refractivity contribution in [3.8, 4) is 0 Å². The van der Waals surface area contributed by atoms with E-state index >= 15 is 0 Å². The maximum absolute atomic E-state index is 5.98. The fourth-order valence-corrected chi connectivity index (χ4v) is 2.27. The first-order valence-electron chi connectivity index (χ1n) is 5.80. The maximum atomic E-state index is 5.98. The molecule has 1 aliphatic heterocycles. The van der Waals surface area contributed by atoms with Gasteiger partial charge in [-0.2, -0.15) is 0 Å². The van der Waals surface area contributed by atoms with Crippen molar-refractivity contribution in [2.24, 2.45) is 5.92 Å². The van der Waals surface area contributed by atoms with Gasteiger partial charge in [0.25, 0.3) is 0 Å². The normalized spacial score (nSPS) is 19.9. The number of anilines is 1. The van der Waals surface area contributed by atoms with E-state index in [-0.39, 0.29) is 0 Å². The molecule has 1 aromatic rings. The lowest BCUT2D eigenvalue weighted by molar-refractivity contribution is 0.0580. The maximum Gasteiger partial charge on any atom is 0.0362 e. The van der Waals surface area contributed by atoms with Gasteiger partial charge in [0.1, 0.15) is 0 Å². The first kappa shape index (κ1) is 10.5. The van der Waals surface area contributed by atoms with Crippen molar-refractivity contribution >= 4 is 5.69 Å². The molecule has 0 saturated carbocycles. The smallest absolute Gasteiger partial charge is 0.0362 e. The molecule has 0 amide bonds. The number of hydrogen-bond acceptors (Lipinski definition) is 2. The van der Waals surface area contributed by atoms with Gasteiger partial charge in [-0.15, -0.1) is 0 Å². The fraction of sp³-hybridized carbons (Fsp3) is 0.538. The summed E-state index contributed by atoms with van der Waals surface area (Å²) < 4.78 is 0. The van der Waals surface area contributed by atoms with E-state index in [1.807, 2.05) is 12.1 Å². The molecule has 2 nitrogen and oxygen atoms in total. The molecule has 0 radical (unpaired) electrons. The van der Waals surface area contributed by atoms with Gasteiger partial charge in [0.05, 0.1) is 0 Å². The standard InChI is InChI=1S/C13H20N2/c1-3-11-8-15(9-11)10(2)12-6-4-5-7-13(12)14/h4-7,10-11H,3,8-9,14H2,1-2H3. The van der Waals surface area contributed by atoms with Crippen LogP contribution < -0.4 is 5.73 Å². The minimum atomic E-state index is 0.467. The van der Waals surface area contributed by atoms with Gasteiger partial charge in [0.2, 0.25) is 0 Å². The SMILES string of the molecule is CCC1CN(C(C)c2ccccc2N)C1. The lowest BCUT2D eigenvalue weighted by Crippen LogP contribution is -2.47. The van der Waals surface area contributed by atoms with E-state index < -0.39 is 0 Å². The highest BCUT2D eigenvalue weighted by atomic mass is 15.2. The van der Waals surface area contributed by atoms with E-state index in [4.69, 9.17) is 5.73 Å². The largest absolute Gasteiger partial charge is 0.398 e. The molecule has 1 heterocycles. The molecule has 2 rings (SSSR count). The molecule has 1 aromatic carbocycles. The lowest BCUT2D eigenvalue weighted by Gasteiger charge is -2.43. The molecular weight excluding hydrogens is 184 g/mol. The van der Waals surface area contributed by atoms with Crippen LogP contribution >= 0.6 is 0 Å². The highest BCUT2D eigenvalue weighted by Gasteiger charge is 2.29. The van der Waals surface area contributed by atoms with Crippen LogP contribution in [0.1, 0.15) is 31.9 Å². The van der Waals surface area contributed by atoms with Crippen LogP contribution in [0.4, 0.5) is 5.69 Å². The van der Waals surface area contributed by atoms with Crippen LogP contribution in [0, 0.1) is 5.92 Å². The zero-order valence-electron chi connectivity index (χ0n) is 9.61. The Labute approximate surface area is 92.1 Å². The molecule has 0 aliphatic carbocycles. The van der Waals surface area contributed by atoms with Crippen LogP contribution in [0.15, 0.2) is 24.3 Å². The van der Waals surface area contributed by atoms with Gasteiger partial charge < -0.3 is 5.73 Å². The molecule has 1 saturated heterocycles. The summed E-state index contributed by atoms with van der Waals surface area (Å²) >= 11 is 0. The molecule has 2 N–H and O–H groups in total. The minimum absolute atomic E-state index is 0.467. The van der Waals surface area contributed by atoms with Gasteiger partial charge in [-0.3, -0.25) is 4.90 Å². The zero-order valence-corrected chi connectivity index (χ0v) is 9.61. The van der Waals surface area contributed by atoms with Crippen LogP contribution in [0.5, 0.6) is 0 Å². The van der Waals surface area contributed by atoms with E-state index in [1.165, 1.54) is 25.1 Å². The Bertz CT molecular complexity index is 329. The van der Waals surface area contributed by atoms with E-state index in [0.29, 0.717) is 6.04 Å². The van der Waals surface area contributed by atoms with E-state index in [1.54, 1.807) is 0 Å². The molecule has 0 spiro atoms. The number of nitrogens with two attached hydrogens (primary N) is 1. The van der Waals surface area contributed by atoms with Gasteiger partial charge >= 0.3 is 0 Å². The second kappa shape index (κ2) is 4.23. The van der Waals surface area contributed by atoms with Crippen molar-refractivity contribution in [3.63, 3.8) is 0 Å². The first-order valence-corrected chi connectivity index (χ1v) is 5.80. The zero-order chi connectivity index (χ0) is 10.8. The Kier molecular flexibility index (Phi) is 2.96. The van der Waals surface area contributed by atoms with E-state index in [9.17, 15) is 0 Å². The molecule has 0 bridgehead atoms. The summed E-state index contributed by atoms with van der Waals surface area (Å²) in [5, 5.41) is 0. The Hall–Kier alpha value is -1.02. The molecule has 1 atom stereocenters. The summed E-state index contributed by atoms with van der Waals surface area (Å²) in [7, 11) is 0. The van der Waals surface area contributed by atoms with Crippen LogP contribution in [0.2, 0.25) is 0 Å². The molecule has 1 unspecified atom stereocenters. The molecule has 0 aromatic heterocycles. The molecule has 82 valence electrons. The predicted octanol–water partition coefficient (Wildman–Crippen LogP) is 2.67. The summed E-state index contributed by atoms with van der Waals surface area (Å²) in [6.07, 6.45) is 1.30. The number of benzene rings is 1. The number of nitrogen functional groups attached to an aromatic ring is 1. The predicted molar refractivity (Wildman–Crippen MR) is 64.6 cm³/mol. The number of para-hydroxylation sites is 1. The van der Waals surface area contributed by atoms with Crippen molar-refractivity contribution in [1.29, 1.82) is 0 Å². The molecule has 2 heteroatoms. The minimum Gasteiger partial charge on any atom is -0.398 e. The van der Waals surface area contributed by atoms with Crippen molar-refractivity contribution in [2.45, 2.75) is 26.3 Å². The lowest BCUT2D eigenvalue weighted by atomic mass is 9.93. The third kappa shape index (κ3) is 2.00. The number of likely N-dealkylation sites (tertiary alicyclic amines) is 1. The van der Waals surface area contributed by atoms with Crippen LogP contribution in [-0.4, -0.2) is 18.0 Å². The number of nitrogens with zero attached hydrogens (tertiary/aromatic N) is 1. The molecule has 1 aliphatic rings. The number of rotatable bonds is 3. The fourth-order valence-electron chi connectivity index (χ4n) is 2.27. The quantitative estimate of drug-likeness (QED) is 0.767. The van der Waals surface area contributed by atoms with Crippen LogP contribution in [-0.2, 0) is 0 Å². The average molecular weight is 204 g/mol. The van der Waals surface area contributed by atoms with Gasteiger partial charge in [0, 0.05) is 24.8 Å². The molecule has 1 fully saturated rings. The summed E-state index contributed by atoms with van der Waals surface area (Å²) in [6, 6.07) is 8.66. The topological polar surface area (TPSA) is 29.3 Å². The first-order chi connectivity index (χ1) is 7.22. The Morgan fingerprint density at radius 2 is 2.07 bits per heavy atom. The second-order valence-electron chi connectivity index (χ2n) is 4.53. The van der Waals surface area contributed by atoms with Crippen molar-refractivity contribution < 1.29 is 0 Å². The van der Waals surface area contributed by atoms with Crippen LogP contribution in [0.3, 0.4) is 0 Å². The third-order valence-electron chi connectivity index (χ3n) is 3.56. The third-order valence-corrected chi connectivity index (χ3v) is 3.56. The van der Waals surface area contributed by atoms with Gasteiger partial charge in [-0.1, -0.05) is 31.5 Å². The van der Waals surface area contributed by atoms with Crippen molar-refractivity contribution in [3.05, 3.63) is 29.8 Å². The Balaban J connectivity index is 2.03. The van der Waals surface area contributed by atoms with Gasteiger partial charge in [-0.05, 0) is 24.5 Å². The monoisotopic (exact) mass is 204 g/mol. The summed E-state index contributed by atoms with van der Waals surface area (Å²) in [5.74, 6) is 0.900. The summed E-state index contributed by atoms with van der Waals surface area (Å²) in [6.45, 7) is 6.97. The average Bonchev–Trinajstić information content (AvgIpc) is 2.16. The van der Waals surface area contributed by atoms with E-state index in [2.05, 4.69) is 30.9 Å². The summed E-state index contributed by atoms with van der Waals surface area (Å²) in [4.78, 5) is 2.50. The Morgan fingerprint density at radius 3 is 2.67 bits per heavy atom. The van der Waals surface area contributed by atoms with E-state index in [0.717, 1.165) is 11.6 Å². The number of hydrogen-bond donors (Lipinski definition) is 1. The molecule has 15 heavy (non-hydrogen) atoms. The summed E-state index contributed by atoms with van der Waals surface area (Å²) in [5.41, 5.74) is 8.17. The van der Waals surface area contributed by atoms with Crippen molar-refractivity contribution in [1.82, 2.24) is 4.90 Å². The highest BCUT2D eigenvalue weighted by molar-refractivity contribution is 5.48. The highest BCUT2D eigenvalue weighted by Crippen LogP contribution is 2.31. The Morgan fingerprint density at radius 1 is 1.40 bits per heavy atom.